The fourth-order valence-electron chi connectivity index (χ4n) is 2.40. The van der Waals surface area contributed by atoms with E-state index in [1.54, 1.807) is 47.6 Å². The van der Waals surface area contributed by atoms with Gasteiger partial charge in [0.15, 0.2) is 5.82 Å². The molecular weight excluding hydrogens is 344 g/mol. The van der Waals surface area contributed by atoms with Gasteiger partial charge in [-0.1, -0.05) is 30.0 Å². The van der Waals surface area contributed by atoms with Gasteiger partial charge in [-0.2, -0.15) is 5.26 Å². The quantitative estimate of drug-likeness (QED) is 0.754. The number of hydrogen-bond acceptors (Lipinski definition) is 5. The lowest BCUT2D eigenvalue weighted by atomic mass is 10.2. The van der Waals surface area contributed by atoms with Crippen LogP contribution in [0.1, 0.15) is 16.8 Å². The van der Waals surface area contributed by atoms with Gasteiger partial charge in [0.25, 0.3) is 5.56 Å². The molecule has 1 aromatic heterocycles. The zero-order valence-corrected chi connectivity index (χ0v) is 15.6. The fraction of sp³-hybridized carbons (Fsp3) is 0.150. The minimum Gasteiger partial charge on any atom is -0.336 e. The summed E-state index contributed by atoms with van der Waals surface area (Å²) in [5.74, 6) is 0.263. The first-order chi connectivity index (χ1) is 12.5. The van der Waals surface area contributed by atoms with Crippen LogP contribution in [0.15, 0.2) is 63.2 Å². The van der Waals surface area contributed by atoms with Crippen LogP contribution in [0.4, 0.5) is 11.5 Å². The number of nitrogens with one attached hydrogen (secondary N) is 1. The van der Waals surface area contributed by atoms with Crippen LogP contribution in [0.3, 0.4) is 0 Å². The molecule has 26 heavy (non-hydrogen) atoms. The van der Waals surface area contributed by atoms with Crippen molar-refractivity contribution in [1.82, 2.24) is 9.55 Å². The Labute approximate surface area is 156 Å². The van der Waals surface area contributed by atoms with Gasteiger partial charge >= 0.3 is 0 Å². The Hall–Kier alpha value is -3.04. The lowest BCUT2D eigenvalue weighted by Crippen LogP contribution is -2.24. The molecule has 0 fully saturated rings. The number of nitrogens with zero attached hydrogens (tertiary/aromatic N) is 3. The zero-order valence-electron chi connectivity index (χ0n) is 14.8. The second kappa shape index (κ2) is 7.46. The minimum atomic E-state index is -0.194. The van der Waals surface area contributed by atoms with Gasteiger partial charge in [0.05, 0.1) is 17.3 Å². The molecule has 0 radical (unpaired) electrons. The predicted octanol–water partition coefficient (Wildman–Crippen LogP) is 4.16. The van der Waals surface area contributed by atoms with Gasteiger partial charge in [-0.25, -0.2) is 4.98 Å². The van der Waals surface area contributed by atoms with Gasteiger partial charge in [-0.15, -0.1) is 0 Å². The highest BCUT2D eigenvalue weighted by Gasteiger charge is 2.13. The molecule has 5 nitrogen and oxygen atoms in total. The van der Waals surface area contributed by atoms with Gasteiger partial charge in [0.2, 0.25) is 0 Å². The molecule has 3 aromatic rings. The van der Waals surface area contributed by atoms with Crippen molar-refractivity contribution in [1.29, 1.82) is 5.26 Å². The van der Waals surface area contributed by atoms with Crippen molar-refractivity contribution in [2.45, 2.75) is 23.8 Å². The van der Waals surface area contributed by atoms with E-state index < -0.39 is 0 Å². The van der Waals surface area contributed by atoms with Crippen molar-refractivity contribution >= 4 is 23.3 Å². The van der Waals surface area contributed by atoms with E-state index in [-0.39, 0.29) is 11.4 Å². The molecule has 0 atom stereocenters. The number of hydrogen-bond donors (Lipinski definition) is 1. The Morgan fingerprint density at radius 1 is 1.12 bits per heavy atom. The van der Waals surface area contributed by atoms with Crippen molar-refractivity contribution in [3.8, 4) is 6.07 Å². The Bertz CT molecular complexity index is 1050. The lowest BCUT2D eigenvalue weighted by molar-refractivity contribution is 0.764. The van der Waals surface area contributed by atoms with Crippen LogP contribution >= 0.6 is 11.8 Å². The fourth-order valence-corrected chi connectivity index (χ4v) is 3.41. The monoisotopic (exact) mass is 362 g/mol. The Balaban J connectivity index is 1.98. The summed E-state index contributed by atoms with van der Waals surface area (Å²) in [6.07, 6.45) is 0. The highest BCUT2D eigenvalue weighted by molar-refractivity contribution is 7.99. The van der Waals surface area contributed by atoms with E-state index in [2.05, 4.69) is 29.4 Å². The summed E-state index contributed by atoms with van der Waals surface area (Å²) in [6, 6.07) is 17.1. The van der Waals surface area contributed by atoms with Gasteiger partial charge < -0.3 is 9.88 Å². The maximum absolute atomic E-state index is 12.6. The van der Waals surface area contributed by atoms with E-state index in [9.17, 15) is 4.79 Å². The van der Waals surface area contributed by atoms with Crippen molar-refractivity contribution < 1.29 is 0 Å². The highest BCUT2D eigenvalue weighted by Crippen LogP contribution is 2.31. The van der Waals surface area contributed by atoms with E-state index in [1.807, 2.05) is 25.1 Å². The molecule has 0 aliphatic carbocycles. The van der Waals surface area contributed by atoms with Crippen LogP contribution in [0, 0.1) is 25.2 Å². The summed E-state index contributed by atoms with van der Waals surface area (Å²) < 4.78 is 1.60. The molecule has 0 saturated carbocycles. The van der Waals surface area contributed by atoms with E-state index in [4.69, 9.17) is 5.26 Å². The molecule has 1 heterocycles. The number of benzene rings is 2. The topological polar surface area (TPSA) is 70.7 Å². The molecule has 0 unspecified atom stereocenters. The maximum atomic E-state index is 12.6. The first-order valence-corrected chi connectivity index (χ1v) is 8.89. The lowest BCUT2D eigenvalue weighted by Gasteiger charge is -2.14. The maximum Gasteiger partial charge on any atom is 0.293 e. The number of anilines is 2. The van der Waals surface area contributed by atoms with E-state index >= 15 is 0 Å². The average Bonchev–Trinajstić information content (AvgIpc) is 2.66. The smallest absolute Gasteiger partial charge is 0.293 e. The number of aryl methyl sites for hydroxylation is 1. The third-order valence-electron chi connectivity index (χ3n) is 4.11. The first kappa shape index (κ1) is 17.8. The van der Waals surface area contributed by atoms with E-state index in [0.29, 0.717) is 11.3 Å². The molecular formula is C20H18N4OS. The second-order valence-electron chi connectivity index (χ2n) is 5.90. The van der Waals surface area contributed by atoms with E-state index in [0.717, 1.165) is 21.2 Å². The third kappa shape index (κ3) is 3.63. The van der Waals surface area contributed by atoms with E-state index in [1.165, 1.54) is 0 Å². The molecule has 0 saturated heterocycles. The molecule has 0 aliphatic heterocycles. The second-order valence-corrected chi connectivity index (χ2v) is 6.93. The third-order valence-corrected chi connectivity index (χ3v) is 5.37. The van der Waals surface area contributed by atoms with Crippen molar-refractivity contribution in [3.05, 3.63) is 75.7 Å². The summed E-state index contributed by atoms with van der Waals surface area (Å²) in [5.41, 5.74) is 3.06. The predicted molar refractivity (Wildman–Crippen MR) is 104 cm³/mol. The molecule has 1 N–H and O–H groups in total. The molecule has 0 amide bonds. The normalized spacial score (nSPS) is 10.4. The van der Waals surface area contributed by atoms with Crippen molar-refractivity contribution in [2.75, 3.05) is 5.32 Å². The Kier molecular flexibility index (Phi) is 5.10. The van der Waals surface area contributed by atoms with Gasteiger partial charge in [-0.05, 0) is 49.7 Å². The highest BCUT2D eigenvalue weighted by atomic mass is 32.2. The summed E-state index contributed by atoms with van der Waals surface area (Å²) in [7, 11) is 1.74. The minimum absolute atomic E-state index is 0.194. The van der Waals surface area contributed by atoms with Crippen LogP contribution in [-0.4, -0.2) is 9.55 Å². The van der Waals surface area contributed by atoms with Crippen molar-refractivity contribution in [3.63, 3.8) is 0 Å². The van der Waals surface area contributed by atoms with Crippen LogP contribution in [0.25, 0.3) is 0 Å². The molecule has 0 aliphatic rings. The van der Waals surface area contributed by atoms with Crippen LogP contribution in [0.5, 0.6) is 0 Å². The molecule has 3 rings (SSSR count). The zero-order chi connectivity index (χ0) is 18.7. The molecule has 6 heteroatoms. The average molecular weight is 362 g/mol. The molecule has 2 aromatic carbocycles. The van der Waals surface area contributed by atoms with Crippen molar-refractivity contribution in [2.24, 2.45) is 7.05 Å². The van der Waals surface area contributed by atoms with Crippen LogP contribution < -0.4 is 10.9 Å². The molecule has 0 spiro atoms. The number of nitriles is 1. The number of rotatable bonds is 4. The molecule has 130 valence electrons. The molecule has 0 bridgehead atoms. The van der Waals surface area contributed by atoms with Gasteiger partial charge in [0, 0.05) is 17.6 Å². The Morgan fingerprint density at radius 2 is 1.81 bits per heavy atom. The van der Waals surface area contributed by atoms with Crippen LogP contribution in [-0.2, 0) is 7.05 Å². The SMILES string of the molecule is Cc1ccccc1Sc1nc(Nc2ccc(C#N)cc2)c(=O)n(C)c1C. The summed E-state index contributed by atoms with van der Waals surface area (Å²) in [6.45, 7) is 3.94. The standard InChI is InChI=1S/C20H18N4OS/c1-13-6-4-5-7-17(13)26-19-14(2)24(3)20(25)18(23-19)22-16-10-8-15(12-21)9-11-16/h4-11H,1-3H3,(H,22,23). The summed E-state index contributed by atoms with van der Waals surface area (Å²) in [4.78, 5) is 18.2. The summed E-state index contributed by atoms with van der Waals surface area (Å²) in [5, 5.41) is 12.7. The largest absolute Gasteiger partial charge is 0.336 e. The summed E-state index contributed by atoms with van der Waals surface area (Å²) >= 11 is 1.54. The van der Waals surface area contributed by atoms with Gasteiger partial charge in [0.1, 0.15) is 5.03 Å². The number of aromatic nitrogens is 2. The van der Waals surface area contributed by atoms with Gasteiger partial charge in [-0.3, -0.25) is 4.79 Å². The van der Waals surface area contributed by atoms with Crippen LogP contribution in [0.2, 0.25) is 0 Å². The first-order valence-electron chi connectivity index (χ1n) is 8.08. The Morgan fingerprint density at radius 3 is 2.46 bits per heavy atom.